The summed E-state index contributed by atoms with van der Waals surface area (Å²) >= 11 is 0. The molecule has 0 bridgehead atoms. The number of ether oxygens (including phenoxy) is 1. The largest absolute Gasteiger partial charge is 0.374 e. The van der Waals surface area contributed by atoms with Crippen molar-refractivity contribution >= 4 is 15.7 Å². The molecular formula is C28H39NO4S. The van der Waals surface area contributed by atoms with Gasteiger partial charge in [0, 0.05) is 24.9 Å². The van der Waals surface area contributed by atoms with Crippen LogP contribution in [-0.2, 0) is 19.4 Å². The predicted molar refractivity (Wildman–Crippen MR) is 131 cm³/mol. The topological polar surface area (TPSA) is 63.7 Å². The zero-order valence-corrected chi connectivity index (χ0v) is 21.6. The molecule has 0 aromatic heterocycles. The van der Waals surface area contributed by atoms with Gasteiger partial charge in [-0.15, -0.1) is 0 Å². The van der Waals surface area contributed by atoms with Crippen LogP contribution in [0.2, 0.25) is 0 Å². The van der Waals surface area contributed by atoms with E-state index in [0.717, 1.165) is 32.1 Å². The van der Waals surface area contributed by atoms with Crippen LogP contribution in [-0.4, -0.2) is 49.8 Å². The van der Waals surface area contributed by atoms with Crippen molar-refractivity contribution in [3.05, 3.63) is 30.3 Å². The van der Waals surface area contributed by atoms with Crippen LogP contribution in [0, 0.1) is 28.6 Å². The lowest BCUT2D eigenvalue weighted by molar-refractivity contribution is -0.161. The average molecular weight is 486 g/mol. The smallest absolute Gasteiger partial charge is 0.223 e. The van der Waals surface area contributed by atoms with E-state index < -0.39 is 20.5 Å². The van der Waals surface area contributed by atoms with Crippen molar-refractivity contribution in [3.63, 3.8) is 0 Å². The second kappa shape index (κ2) is 7.80. The molecule has 5 aliphatic rings. The Kier molecular flexibility index (Phi) is 5.28. The van der Waals surface area contributed by atoms with Crippen LogP contribution >= 0.6 is 0 Å². The van der Waals surface area contributed by atoms with E-state index in [4.69, 9.17) is 4.74 Å². The lowest BCUT2D eigenvalue weighted by Gasteiger charge is -2.63. The number of fused-ring (bicyclic) bond motifs is 5. The summed E-state index contributed by atoms with van der Waals surface area (Å²) < 4.78 is 34.6. The predicted octanol–water partition coefficient (Wildman–Crippen LogP) is 4.85. The molecule has 34 heavy (non-hydrogen) atoms. The molecule has 4 saturated carbocycles. The fraction of sp³-hybridized carbons (Fsp3) is 0.750. The minimum Gasteiger partial charge on any atom is -0.374 e. The Bertz CT molecular complexity index is 1070. The number of sulfone groups is 1. The zero-order valence-electron chi connectivity index (χ0n) is 20.8. The first kappa shape index (κ1) is 23.0. The molecule has 6 heteroatoms. The van der Waals surface area contributed by atoms with Gasteiger partial charge in [-0.2, -0.15) is 0 Å². The minimum atomic E-state index is -3.63. The first-order valence-electron chi connectivity index (χ1n) is 13.4. The maximum atomic E-state index is 14.1. The van der Waals surface area contributed by atoms with E-state index in [1.807, 2.05) is 18.0 Å². The Morgan fingerprint density at radius 3 is 2.38 bits per heavy atom. The van der Waals surface area contributed by atoms with Gasteiger partial charge in [0.1, 0.15) is 0 Å². The van der Waals surface area contributed by atoms with Gasteiger partial charge in [-0.05, 0) is 86.7 Å². The summed E-state index contributed by atoms with van der Waals surface area (Å²) in [5.41, 5.74) is -0.228. The molecule has 0 N–H and O–H groups in total. The normalized spacial score (nSPS) is 44.3. The Morgan fingerprint density at radius 2 is 1.68 bits per heavy atom. The van der Waals surface area contributed by atoms with Gasteiger partial charge >= 0.3 is 0 Å². The van der Waals surface area contributed by atoms with Crippen LogP contribution in [0.1, 0.15) is 71.6 Å². The maximum absolute atomic E-state index is 14.1. The standard InChI is InChI=1S/C28H39NO4S/c1-27-16-15-22-20(21(27)12-14-24(27)33-18-9-10-18)11-13-23-28(22,2)25(17-26(30)29(23)3)34(31,32)19-7-5-4-6-8-19/h4-8,18,20-25H,9-17H2,1-3H3/t20-,21-,22-,23+,24-,25?,27-,28+/m0/s1. The molecule has 1 unspecified atom stereocenters. The van der Waals surface area contributed by atoms with Crippen LogP contribution in [0.15, 0.2) is 35.2 Å². The van der Waals surface area contributed by atoms with Crippen LogP contribution in [0.3, 0.4) is 0 Å². The highest BCUT2D eigenvalue weighted by atomic mass is 32.2. The van der Waals surface area contributed by atoms with Gasteiger partial charge in [-0.3, -0.25) is 4.79 Å². The van der Waals surface area contributed by atoms with E-state index in [0.29, 0.717) is 34.9 Å². The average Bonchev–Trinajstić information content (AvgIpc) is 3.58. The highest BCUT2D eigenvalue weighted by Crippen LogP contribution is 2.66. The fourth-order valence-electron chi connectivity index (χ4n) is 8.96. The van der Waals surface area contributed by atoms with Gasteiger partial charge in [0.2, 0.25) is 5.91 Å². The van der Waals surface area contributed by atoms with Crippen molar-refractivity contribution < 1.29 is 17.9 Å². The zero-order chi connectivity index (χ0) is 23.9. The molecule has 8 atom stereocenters. The van der Waals surface area contributed by atoms with Gasteiger partial charge in [-0.1, -0.05) is 32.0 Å². The van der Waals surface area contributed by atoms with E-state index >= 15 is 0 Å². The SMILES string of the molecule is CN1C(=O)CC(S(=O)(=O)c2ccccc2)[C@]2(C)[C@H]3CC[C@]4(C)[C@@H](OC5CC5)CC[C@H]4[C@@H]3CC[C@@H]12. The fourth-order valence-corrected chi connectivity index (χ4v) is 11.2. The molecule has 5 nitrogen and oxygen atoms in total. The maximum Gasteiger partial charge on any atom is 0.223 e. The third-order valence-electron chi connectivity index (χ3n) is 10.9. The molecule has 1 aliphatic heterocycles. The highest BCUT2D eigenvalue weighted by Gasteiger charge is 2.66. The van der Waals surface area contributed by atoms with Crippen molar-refractivity contribution in [2.75, 3.05) is 7.05 Å². The van der Waals surface area contributed by atoms with Crippen LogP contribution in [0.4, 0.5) is 0 Å². The van der Waals surface area contributed by atoms with E-state index in [-0.39, 0.29) is 23.8 Å². The van der Waals surface area contributed by atoms with E-state index in [1.54, 1.807) is 24.3 Å². The molecule has 1 amide bonds. The summed E-state index contributed by atoms with van der Waals surface area (Å²) in [6.07, 6.45) is 9.83. The van der Waals surface area contributed by atoms with Gasteiger partial charge < -0.3 is 9.64 Å². The van der Waals surface area contributed by atoms with Crippen LogP contribution < -0.4 is 0 Å². The van der Waals surface area contributed by atoms with Gasteiger partial charge in [-0.25, -0.2) is 8.42 Å². The third-order valence-corrected chi connectivity index (χ3v) is 13.2. The molecule has 0 spiro atoms. The van der Waals surface area contributed by atoms with Crippen molar-refractivity contribution in [1.82, 2.24) is 4.90 Å². The molecular weight excluding hydrogens is 446 g/mol. The van der Waals surface area contributed by atoms with E-state index in [1.165, 1.54) is 19.3 Å². The summed E-state index contributed by atoms with van der Waals surface area (Å²) in [5, 5.41) is -0.659. The lowest BCUT2D eigenvalue weighted by atomic mass is 9.47. The monoisotopic (exact) mass is 485 g/mol. The highest BCUT2D eigenvalue weighted by molar-refractivity contribution is 7.92. The van der Waals surface area contributed by atoms with Crippen molar-refractivity contribution in [1.29, 1.82) is 0 Å². The number of rotatable bonds is 4. The molecule has 1 aromatic carbocycles. The first-order chi connectivity index (χ1) is 16.2. The first-order valence-corrected chi connectivity index (χ1v) is 14.9. The van der Waals surface area contributed by atoms with Crippen molar-refractivity contribution in [3.8, 4) is 0 Å². The number of carbonyl (C=O) groups excluding carboxylic acids is 1. The van der Waals surface area contributed by atoms with Gasteiger partial charge in [0.05, 0.1) is 22.4 Å². The number of hydrogen-bond donors (Lipinski definition) is 0. The summed E-state index contributed by atoms with van der Waals surface area (Å²) in [4.78, 5) is 15.3. The summed E-state index contributed by atoms with van der Waals surface area (Å²) in [6, 6.07) is 8.82. The Labute approximate surface area is 204 Å². The minimum absolute atomic E-state index is 0.0113. The summed E-state index contributed by atoms with van der Waals surface area (Å²) in [7, 11) is -1.72. The molecule has 1 saturated heterocycles. The van der Waals surface area contributed by atoms with Crippen molar-refractivity contribution in [2.45, 2.75) is 100 Å². The van der Waals surface area contributed by atoms with Crippen LogP contribution in [0.5, 0.6) is 0 Å². The number of nitrogens with zero attached hydrogens (tertiary/aromatic N) is 1. The number of benzene rings is 1. The Morgan fingerprint density at radius 1 is 0.941 bits per heavy atom. The quantitative estimate of drug-likeness (QED) is 0.612. The second-order valence-corrected chi connectivity index (χ2v) is 14.5. The summed E-state index contributed by atoms with van der Waals surface area (Å²) in [6.45, 7) is 4.68. The second-order valence-electron chi connectivity index (χ2n) is 12.3. The number of carbonyl (C=O) groups is 1. The number of amides is 1. The summed E-state index contributed by atoms with van der Waals surface area (Å²) in [5.74, 6) is 1.41. The molecule has 1 heterocycles. The lowest BCUT2D eigenvalue weighted by Crippen LogP contribution is -2.67. The number of hydrogen-bond acceptors (Lipinski definition) is 4. The van der Waals surface area contributed by atoms with Gasteiger partial charge in [0.15, 0.2) is 9.84 Å². The molecule has 0 radical (unpaired) electrons. The molecule has 1 aromatic rings. The Balaban J connectivity index is 1.38. The number of piperidine rings is 1. The Hall–Kier alpha value is -1.40. The molecule has 6 rings (SSSR count). The number of likely N-dealkylation sites (tertiary alicyclic amines) is 1. The third kappa shape index (κ3) is 3.20. The molecule has 4 aliphatic carbocycles. The molecule has 186 valence electrons. The van der Waals surface area contributed by atoms with E-state index in [9.17, 15) is 13.2 Å². The van der Waals surface area contributed by atoms with Gasteiger partial charge in [0.25, 0.3) is 0 Å². The molecule has 5 fully saturated rings. The van der Waals surface area contributed by atoms with Crippen LogP contribution in [0.25, 0.3) is 0 Å². The van der Waals surface area contributed by atoms with E-state index in [2.05, 4.69) is 13.8 Å². The van der Waals surface area contributed by atoms with Crippen molar-refractivity contribution in [2.24, 2.45) is 28.6 Å².